The number of halogens is 1. The molecular weight excluding hydrogens is 235 g/mol. The van der Waals surface area contributed by atoms with Crippen LogP contribution in [0.25, 0.3) is 0 Å². The van der Waals surface area contributed by atoms with Gasteiger partial charge in [0.15, 0.2) is 0 Å². The maximum Gasteiger partial charge on any atom is 0.335 e. The van der Waals surface area contributed by atoms with Crippen LogP contribution < -0.4 is 0 Å². The van der Waals surface area contributed by atoms with Crippen molar-refractivity contribution in [1.29, 1.82) is 0 Å². The third kappa shape index (κ3) is 5.27. The minimum absolute atomic E-state index is 0.0456. The van der Waals surface area contributed by atoms with E-state index in [-0.39, 0.29) is 12.2 Å². The van der Waals surface area contributed by atoms with E-state index in [1.807, 2.05) is 0 Å². The number of carboxylic acid groups (broad SMARTS) is 1. The molecule has 1 N–H and O–H groups in total. The van der Waals surface area contributed by atoms with Gasteiger partial charge in [-0.15, -0.1) is 0 Å². The molecule has 18 heavy (non-hydrogen) atoms. The van der Waals surface area contributed by atoms with Crippen molar-refractivity contribution in [3.8, 4) is 0 Å². The molecule has 100 valence electrons. The predicted molar refractivity (Wildman–Crippen MR) is 67.1 cm³/mol. The molecule has 0 fully saturated rings. The van der Waals surface area contributed by atoms with Gasteiger partial charge < -0.3 is 9.84 Å². The number of benzene rings is 1. The van der Waals surface area contributed by atoms with Gasteiger partial charge >= 0.3 is 5.97 Å². The van der Waals surface area contributed by atoms with Gasteiger partial charge in [0, 0.05) is 6.61 Å². The van der Waals surface area contributed by atoms with Crippen molar-refractivity contribution in [2.24, 2.45) is 5.92 Å². The number of hydrogen-bond donors (Lipinski definition) is 1. The van der Waals surface area contributed by atoms with E-state index in [9.17, 15) is 9.18 Å². The Morgan fingerprint density at radius 2 is 2.11 bits per heavy atom. The Bertz CT molecular complexity index is 402. The summed E-state index contributed by atoms with van der Waals surface area (Å²) in [5, 5.41) is 8.80. The van der Waals surface area contributed by atoms with Crippen LogP contribution in [0.3, 0.4) is 0 Å². The van der Waals surface area contributed by atoms with E-state index in [1.165, 1.54) is 12.1 Å². The molecule has 0 spiro atoms. The molecule has 0 aliphatic carbocycles. The highest BCUT2D eigenvalue weighted by Gasteiger charge is 2.07. The van der Waals surface area contributed by atoms with E-state index in [0.717, 1.165) is 18.9 Å². The minimum Gasteiger partial charge on any atom is -0.478 e. The molecule has 1 aromatic carbocycles. The van der Waals surface area contributed by atoms with Gasteiger partial charge in [0.1, 0.15) is 5.82 Å². The Labute approximate surface area is 107 Å². The largest absolute Gasteiger partial charge is 0.478 e. The molecule has 0 aliphatic rings. The molecule has 0 bridgehead atoms. The maximum atomic E-state index is 13.2. The third-order valence-corrected chi connectivity index (χ3v) is 2.54. The first-order chi connectivity index (χ1) is 8.49. The number of hydrogen-bond acceptors (Lipinski definition) is 2. The fraction of sp³-hybridized carbons (Fsp3) is 0.500. The van der Waals surface area contributed by atoms with Gasteiger partial charge in [-0.05, 0) is 42.5 Å². The van der Waals surface area contributed by atoms with Crippen molar-refractivity contribution in [2.45, 2.75) is 33.3 Å². The summed E-state index contributed by atoms with van der Waals surface area (Å²) in [7, 11) is 0. The lowest BCUT2D eigenvalue weighted by Gasteiger charge is -2.07. The summed E-state index contributed by atoms with van der Waals surface area (Å²) in [5.74, 6) is -1.03. The smallest absolute Gasteiger partial charge is 0.335 e. The Hall–Kier alpha value is -1.42. The summed E-state index contributed by atoms with van der Waals surface area (Å²) in [4.78, 5) is 10.7. The minimum atomic E-state index is -1.13. The summed E-state index contributed by atoms with van der Waals surface area (Å²) in [6.45, 7) is 5.14. The van der Waals surface area contributed by atoms with E-state index in [1.54, 1.807) is 0 Å². The Kier molecular flexibility index (Phi) is 5.78. The van der Waals surface area contributed by atoms with Gasteiger partial charge in [-0.1, -0.05) is 13.8 Å². The number of rotatable bonds is 7. The van der Waals surface area contributed by atoms with Gasteiger partial charge in [-0.3, -0.25) is 0 Å². The standard InChI is InChI=1S/C14H19FO3/c1-10(2)4-3-5-18-9-11-6-12(14(16)17)8-13(15)7-11/h6-8,10H,3-5,9H2,1-2H3,(H,16,17). The van der Waals surface area contributed by atoms with Crippen LogP contribution in [0.4, 0.5) is 4.39 Å². The molecule has 3 nitrogen and oxygen atoms in total. The van der Waals surface area contributed by atoms with Crippen molar-refractivity contribution in [3.05, 3.63) is 35.1 Å². The highest BCUT2D eigenvalue weighted by atomic mass is 19.1. The topological polar surface area (TPSA) is 46.5 Å². The lowest BCUT2D eigenvalue weighted by Crippen LogP contribution is -2.02. The van der Waals surface area contributed by atoms with Crippen LogP contribution in [-0.4, -0.2) is 17.7 Å². The second-order valence-electron chi connectivity index (χ2n) is 4.74. The second kappa shape index (κ2) is 7.11. The molecule has 1 rings (SSSR count). The summed E-state index contributed by atoms with van der Waals surface area (Å²) < 4.78 is 18.6. The lowest BCUT2D eigenvalue weighted by atomic mass is 10.1. The number of carbonyl (C=O) groups is 1. The summed E-state index contributed by atoms with van der Waals surface area (Å²) >= 11 is 0. The highest BCUT2D eigenvalue weighted by Crippen LogP contribution is 2.11. The van der Waals surface area contributed by atoms with Crippen LogP contribution in [0.5, 0.6) is 0 Å². The van der Waals surface area contributed by atoms with Crippen LogP contribution in [0.2, 0.25) is 0 Å². The summed E-state index contributed by atoms with van der Waals surface area (Å²) in [5.41, 5.74) is 0.507. The van der Waals surface area contributed by atoms with Gasteiger partial charge in [0.2, 0.25) is 0 Å². The molecular formula is C14H19FO3. The summed E-state index contributed by atoms with van der Waals surface area (Å²) in [6, 6.07) is 3.74. The molecule has 0 saturated heterocycles. The van der Waals surface area contributed by atoms with Crippen LogP contribution in [0.1, 0.15) is 42.6 Å². The van der Waals surface area contributed by atoms with E-state index < -0.39 is 11.8 Å². The predicted octanol–water partition coefficient (Wildman–Crippen LogP) is 3.48. The fourth-order valence-electron chi connectivity index (χ4n) is 1.64. The first-order valence-electron chi connectivity index (χ1n) is 6.09. The number of aromatic carboxylic acids is 1. The number of ether oxygens (including phenoxy) is 1. The lowest BCUT2D eigenvalue weighted by molar-refractivity contribution is 0.0695. The van der Waals surface area contributed by atoms with E-state index in [2.05, 4.69) is 13.8 Å². The molecule has 0 aromatic heterocycles. The van der Waals surface area contributed by atoms with Crippen LogP contribution in [0.15, 0.2) is 18.2 Å². The maximum absolute atomic E-state index is 13.2. The SMILES string of the molecule is CC(C)CCCOCc1cc(F)cc(C(=O)O)c1. The summed E-state index contributed by atoms with van der Waals surface area (Å²) in [6.07, 6.45) is 2.04. The van der Waals surface area contributed by atoms with Crippen molar-refractivity contribution in [1.82, 2.24) is 0 Å². The van der Waals surface area contributed by atoms with E-state index in [0.29, 0.717) is 18.1 Å². The molecule has 1 aromatic rings. The van der Waals surface area contributed by atoms with Gasteiger partial charge in [0.05, 0.1) is 12.2 Å². The second-order valence-corrected chi connectivity index (χ2v) is 4.74. The molecule has 4 heteroatoms. The van der Waals surface area contributed by atoms with Gasteiger partial charge in [0.25, 0.3) is 0 Å². The van der Waals surface area contributed by atoms with Crippen molar-refractivity contribution < 1.29 is 19.0 Å². The fourth-order valence-corrected chi connectivity index (χ4v) is 1.64. The van der Waals surface area contributed by atoms with Crippen molar-refractivity contribution in [3.63, 3.8) is 0 Å². The average Bonchev–Trinajstić information content (AvgIpc) is 2.27. The average molecular weight is 254 g/mol. The normalized spacial score (nSPS) is 10.9. The number of carboxylic acids is 1. The Morgan fingerprint density at radius 3 is 2.72 bits per heavy atom. The van der Waals surface area contributed by atoms with Gasteiger partial charge in [-0.25, -0.2) is 9.18 Å². The molecule has 0 unspecified atom stereocenters. The van der Waals surface area contributed by atoms with Crippen LogP contribution >= 0.6 is 0 Å². The highest BCUT2D eigenvalue weighted by molar-refractivity contribution is 5.87. The zero-order valence-electron chi connectivity index (χ0n) is 10.8. The van der Waals surface area contributed by atoms with Crippen molar-refractivity contribution in [2.75, 3.05) is 6.61 Å². The monoisotopic (exact) mass is 254 g/mol. The molecule has 0 aliphatic heterocycles. The Balaban J connectivity index is 2.44. The first-order valence-corrected chi connectivity index (χ1v) is 6.09. The molecule has 0 radical (unpaired) electrons. The third-order valence-electron chi connectivity index (χ3n) is 2.54. The molecule has 0 saturated carbocycles. The zero-order chi connectivity index (χ0) is 13.5. The van der Waals surface area contributed by atoms with Crippen molar-refractivity contribution >= 4 is 5.97 Å². The molecule has 0 amide bonds. The molecule has 0 heterocycles. The van der Waals surface area contributed by atoms with Gasteiger partial charge in [-0.2, -0.15) is 0 Å². The van der Waals surface area contributed by atoms with E-state index in [4.69, 9.17) is 9.84 Å². The van der Waals surface area contributed by atoms with Crippen LogP contribution in [-0.2, 0) is 11.3 Å². The quantitative estimate of drug-likeness (QED) is 0.758. The Morgan fingerprint density at radius 1 is 1.39 bits per heavy atom. The van der Waals surface area contributed by atoms with E-state index >= 15 is 0 Å². The van der Waals surface area contributed by atoms with Crippen LogP contribution in [0, 0.1) is 11.7 Å². The zero-order valence-corrected chi connectivity index (χ0v) is 10.8. The first kappa shape index (κ1) is 14.6. The molecule has 0 atom stereocenters.